The zero-order valence-electron chi connectivity index (χ0n) is 7.93. The van der Waals surface area contributed by atoms with Crippen LogP contribution < -0.4 is 0 Å². The van der Waals surface area contributed by atoms with E-state index in [0.29, 0.717) is 0 Å². The molecule has 0 bridgehead atoms. The van der Waals surface area contributed by atoms with Crippen molar-refractivity contribution in [3.05, 3.63) is 42.8 Å². The van der Waals surface area contributed by atoms with Gasteiger partial charge in [0.2, 0.25) is 0 Å². The summed E-state index contributed by atoms with van der Waals surface area (Å²) in [5, 5.41) is 2.66. The summed E-state index contributed by atoms with van der Waals surface area (Å²) in [7, 11) is 0. The topological polar surface area (TPSA) is 0 Å². The van der Waals surface area contributed by atoms with E-state index >= 15 is 0 Å². The van der Waals surface area contributed by atoms with Crippen LogP contribution in [0, 0.1) is 3.57 Å². The molecule has 16 heavy (non-hydrogen) atoms. The average molecular weight is 468 g/mol. The van der Waals surface area contributed by atoms with Crippen LogP contribution in [0.1, 0.15) is 0 Å². The Morgan fingerprint density at radius 3 is 2.62 bits per heavy atom. The third-order valence-corrected chi connectivity index (χ3v) is 6.37. The number of thiophene rings is 1. The number of hydrogen-bond donors (Lipinski definition) is 0. The van der Waals surface area contributed by atoms with Crippen LogP contribution in [-0.2, 0) is 0 Å². The molecule has 0 fully saturated rings. The molecule has 0 saturated carbocycles. The van der Waals surface area contributed by atoms with E-state index in [1.165, 1.54) is 23.7 Å². The molecule has 0 aliphatic carbocycles. The molecule has 80 valence electrons. The standard InChI is InChI=1S/C12H5Br2IS/c13-6-4-8-7-2-1-3-10(15)12(7)16-11(8)9(14)5-6/h1-5H. The van der Waals surface area contributed by atoms with Crippen molar-refractivity contribution < 1.29 is 0 Å². The molecule has 0 radical (unpaired) electrons. The van der Waals surface area contributed by atoms with Crippen LogP contribution in [0.2, 0.25) is 0 Å². The van der Waals surface area contributed by atoms with Gasteiger partial charge in [0.15, 0.2) is 0 Å². The van der Waals surface area contributed by atoms with Gasteiger partial charge in [-0.15, -0.1) is 11.3 Å². The molecule has 3 rings (SSSR count). The first-order valence-corrected chi connectivity index (χ1v) is 8.11. The Labute approximate surface area is 127 Å². The lowest BCUT2D eigenvalue weighted by Crippen LogP contribution is -1.71. The summed E-state index contributed by atoms with van der Waals surface area (Å²) in [6, 6.07) is 10.8. The molecule has 0 aliphatic heterocycles. The first kappa shape index (κ1) is 11.4. The molecule has 0 aliphatic rings. The second-order valence-electron chi connectivity index (χ2n) is 3.48. The van der Waals surface area contributed by atoms with Gasteiger partial charge in [-0.2, -0.15) is 0 Å². The number of fused-ring (bicyclic) bond motifs is 3. The predicted octanol–water partition coefficient (Wildman–Crippen LogP) is 6.18. The molecule has 1 heterocycles. The van der Waals surface area contributed by atoms with E-state index in [2.05, 4.69) is 84.8 Å². The second-order valence-corrected chi connectivity index (χ2v) is 7.44. The Morgan fingerprint density at radius 2 is 1.81 bits per heavy atom. The van der Waals surface area contributed by atoms with Crippen molar-refractivity contribution in [2.45, 2.75) is 0 Å². The second kappa shape index (κ2) is 4.23. The molecule has 0 N–H and O–H groups in total. The van der Waals surface area contributed by atoms with Crippen molar-refractivity contribution in [1.82, 2.24) is 0 Å². The fourth-order valence-electron chi connectivity index (χ4n) is 1.79. The molecule has 0 amide bonds. The molecule has 0 nitrogen and oxygen atoms in total. The summed E-state index contributed by atoms with van der Waals surface area (Å²) in [6.07, 6.45) is 0. The summed E-state index contributed by atoms with van der Waals surface area (Å²) in [5.41, 5.74) is 0. The molecule has 0 saturated heterocycles. The van der Waals surface area contributed by atoms with E-state index in [4.69, 9.17) is 0 Å². The van der Waals surface area contributed by atoms with E-state index in [1.807, 2.05) is 11.3 Å². The van der Waals surface area contributed by atoms with Crippen molar-refractivity contribution in [3.8, 4) is 0 Å². The van der Waals surface area contributed by atoms with Crippen molar-refractivity contribution >= 4 is 86.0 Å². The van der Waals surface area contributed by atoms with Crippen LogP contribution in [0.4, 0.5) is 0 Å². The van der Waals surface area contributed by atoms with Gasteiger partial charge in [-0.3, -0.25) is 0 Å². The molecule has 3 aromatic rings. The Balaban J connectivity index is 2.61. The van der Waals surface area contributed by atoms with E-state index in [1.54, 1.807) is 0 Å². The molecule has 4 heteroatoms. The fraction of sp³-hybridized carbons (Fsp3) is 0. The first-order chi connectivity index (χ1) is 7.66. The summed E-state index contributed by atoms with van der Waals surface area (Å²) in [6.45, 7) is 0. The lowest BCUT2D eigenvalue weighted by molar-refractivity contribution is 1.72. The summed E-state index contributed by atoms with van der Waals surface area (Å²) >= 11 is 11.4. The average Bonchev–Trinajstić information content (AvgIpc) is 2.59. The minimum Gasteiger partial charge on any atom is -0.133 e. The largest absolute Gasteiger partial charge is 0.133 e. The number of rotatable bonds is 0. The van der Waals surface area contributed by atoms with Crippen molar-refractivity contribution in [1.29, 1.82) is 0 Å². The molecule has 0 unspecified atom stereocenters. The van der Waals surface area contributed by atoms with Gasteiger partial charge in [-0.1, -0.05) is 28.1 Å². The van der Waals surface area contributed by atoms with Crippen molar-refractivity contribution in [3.63, 3.8) is 0 Å². The highest BCUT2D eigenvalue weighted by Gasteiger charge is 2.10. The van der Waals surface area contributed by atoms with E-state index in [0.717, 1.165) is 8.95 Å². The Bertz CT molecular complexity index is 703. The van der Waals surface area contributed by atoms with Crippen LogP contribution >= 0.6 is 65.8 Å². The normalized spacial score (nSPS) is 11.4. The molecular weight excluding hydrogens is 463 g/mol. The van der Waals surface area contributed by atoms with Gasteiger partial charge in [0.25, 0.3) is 0 Å². The van der Waals surface area contributed by atoms with Crippen molar-refractivity contribution in [2.75, 3.05) is 0 Å². The van der Waals surface area contributed by atoms with Gasteiger partial charge in [0, 0.05) is 32.7 Å². The Kier molecular flexibility index (Phi) is 3.02. The van der Waals surface area contributed by atoms with Crippen LogP contribution in [0.5, 0.6) is 0 Å². The lowest BCUT2D eigenvalue weighted by Gasteiger charge is -1.96. The number of hydrogen-bond acceptors (Lipinski definition) is 1. The Hall–Kier alpha value is 0.350. The summed E-state index contributed by atoms with van der Waals surface area (Å²) in [5.74, 6) is 0. The molecular formula is C12H5Br2IS. The zero-order chi connectivity index (χ0) is 11.3. The monoisotopic (exact) mass is 466 g/mol. The maximum absolute atomic E-state index is 3.63. The van der Waals surface area contributed by atoms with Crippen LogP contribution in [0.25, 0.3) is 20.2 Å². The van der Waals surface area contributed by atoms with Crippen LogP contribution in [0.3, 0.4) is 0 Å². The SMILES string of the molecule is Brc1cc(Br)c2sc3c(I)cccc3c2c1. The third kappa shape index (κ3) is 1.74. The van der Waals surface area contributed by atoms with Crippen LogP contribution in [0.15, 0.2) is 39.3 Å². The molecule has 0 atom stereocenters. The maximum atomic E-state index is 3.63. The zero-order valence-corrected chi connectivity index (χ0v) is 14.1. The van der Waals surface area contributed by atoms with Gasteiger partial charge in [-0.25, -0.2) is 0 Å². The summed E-state index contributed by atoms with van der Waals surface area (Å²) in [4.78, 5) is 0. The molecule has 2 aromatic carbocycles. The molecule has 1 aromatic heterocycles. The highest BCUT2D eigenvalue weighted by Crippen LogP contribution is 2.41. The quantitative estimate of drug-likeness (QED) is 0.346. The molecule has 0 spiro atoms. The minimum absolute atomic E-state index is 1.12. The minimum atomic E-state index is 1.12. The predicted molar refractivity (Wildman–Crippen MR) is 87.4 cm³/mol. The summed E-state index contributed by atoms with van der Waals surface area (Å²) < 4.78 is 6.29. The fourth-order valence-corrected chi connectivity index (χ4v) is 5.18. The Morgan fingerprint density at radius 1 is 1.00 bits per heavy atom. The third-order valence-electron chi connectivity index (χ3n) is 2.47. The van der Waals surface area contributed by atoms with Gasteiger partial charge in [-0.05, 0) is 56.7 Å². The first-order valence-electron chi connectivity index (χ1n) is 4.62. The highest BCUT2D eigenvalue weighted by atomic mass is 127. The number of halogens is 3. The smallest absolute Gasteiger partial charge is 0.0498 e. The number of benzene rings is 2. The highest BCUT2D eigenvalue weighted by molar-refractivity contribution is 14.1. The van der Waals surface area contributed by atoms with Crippen molar-refractivity contribution in [2.24, 2.45) is 0 Å². The van der Waals surface area contributed by atoms with Crippen LogP contribution in [-0.4, -0.2) is 0 Å². The van der Waals surface area contributed by atoms with Gasteiger partial charge in [0.05, 0.1) is 0 Å². The lowest BCUT2D eigenvalue weighted by atomic mass is 10.2. The van der Waals surface area contributed by atoms with Gasteiger partial charge < -0.3 is 0 Å². The maximum Gasteiger partial charge on any atom is 0.0498 e. The van der Waals surface area contributed by atoms with Gasteiger partial charge >= 0.3 is 0 Å². The van der Waals surface area contributed by atoms with Gasteiger partial charge in [0.1, 0.15) is 0 Å². The van der Waals surface area contributed by atoms with E-state index < -0.39 is 0 Å². The van der Waals surface area contributed by atoms with E-state index in [-0.39, 0.29) is 0 Å². The van der Waals surface area contributed by atoms with E-state index in [9.17, 15) is 0 Å².